The second-order valence-corrected chi connectivity index (χ2v) is 5.79. The van der Waals surface area contributed by atoms with Crippen molar-refractivity contribution >= 4 is 10.9 Å². The Kier molecular flexibility index (Phi) is 3.33. The Hall–Kier alpha value is -1.32. The summed E-state index contributed by atoms with van der Waals surface area (Å²) in [7, 11) is 2.23. The molecular weight excluding hydrogens is 234 g/mol. The van der Waals surface area contributed by atoms with Crippen LogP contribution in [0.4, 0.5) is 0 Å². The summed E-state index contributed by atoms with van der Waals surface area (Å²) in [5.74, 6) is 0. The van der Waals surface area contributed by atoms with Crippen LogP contribution in [0, 0.1) is 13.8 Å². The van der Waals surface area contributed by atoms with Crippen LogP contribution < -0.4 is 5.32 Å². The zero-order valence-corrected chi connectivity index (χ0v) is 12.1. The fourth-order valence-corrected chi connectivity index (χ4v) is 3.02. The van der Waals surface area contributed by atoms with Crippen molar-refractivity contribution in [3.8, 4) is 0 Å². The lowest BCUT2D eigenvalue weighted by Crippen LogP contribution is -2.50. The molecule has 1 atom stereocenters. The van der Waals surface area contributed by atoms with Crippen molar-refractivity contribution < 1.29 is 0 Å². The maximum absolute atomic E-state index is 3.49. The molecule has 0 saturated carbocycles. The Labute approximate surface area is 115 Å². The Morgan fingerprint density at radius 3 is 2.95 bits per heavy atom. The predicted molar refractivity (Wildman–Crippen MR) is 80.8 cm³/mol. The van der Waals surface area contributed by atoms with Crippen LogP contribution in [0.15, 0.2) is 18.3 Å². The molecule has 0 spiro atoms. The highest BCUT2D eigenvalue weighted by molar-refractivity contribution is 5.86. The molecule has 2 aromatic rings. The molecule has 0 radical (unpaired) electrons. The van der Waals surface area contributed by atoms with Gasteiger partial charge in [-0.1, -0.05) is 12.1 Å². The number of likely N-dealkylation sites (N-methyl/N-ethyl adjacent to an activating group) is 1. The van der Waals surface area contributed by atoms with Crippen LogP contribution in [0.5, 0.6) is 0 Å². The molecule has 2 heterocycles. The van der Waals surface area contributed by atoms with E-state index in [-0.39, 0.29) is 0 Å². The molecular formula is C16H23N3. The van der Waals surface area contributed by atoms with Crippen molar-refractivity contribution in [1.82, 2.24) is 15.2 Å². The Bertz CT molecular complexity index is 585. The summed E-state index contributed by atoms with van der Waals surface area (Å²) < 4.78 is 0. The van der Waals surface area contributed by atoms with Crippen LogP contribution in [-0.2, 0) is 6.42 Å². The van der Waals surface area contributed by atoms with Gasteiger partial charge in [0.25, 0.3) is 0 Å². The monoisotopic (exact) mass is 257 g/mol. The number of rotatable bonds is 2. The van der Waals surface area contributed by atoms with Crippen molar-refractivity contribution in [3.05, 3.63) is 35.0 Å². The van der Waals surface area contributed by atoms with Crippen LogP contribution >= 0.6 is 0 Å². The highest BCUT2D eigenvalue weighted by Gasteiger charge is 2.20. The van der Waals surface area contributed by atoms with Gasteiger partial charge in [0.2, 0.25) is 0 Å². The van der Waals surface area contributed by atoms with Crippen molar-refractivity contribution in [2.75, 3.05) is 26.7 Å². The van der Waals surface area contributed by atoms with E-state index in [1.165, 1.54) is 27.6 Å². The normalized spacial score (nSPS) is 21.1. The number of nitrogens with one attached hydrogen (secondary N) is 2. The van der Waals surface area contributed by atoms with Crippen LogP contribution in [0.2, 0.25) is 0 Å². The first kappa shape index (κ1) is 12.7. The largest absolute Gasteiger partial charge is 0.361 e. The molecule has 2 N–H and O–H groups in total. The van der Waals surface area contributed by atoms with E-state index in [9.17, 15) is 0 Å². The predicted octanol–water partition coefficient (Wildman–Crippen LogP) is 2.23. The topological polar surface area (TPSA) is 31.1 Å². The van der Waals surface area contributed by atoms with E-state index < -0.39 is 0 Å². The van der Waals surface area contributed by atoms with Gasteiger partial charge in [-0.25, -0.2) is 0 Å². The van der Waals surface area contributed by atoms with Crippen LogP contribution in [0.25, 0.3) is 10.9 Å². The maximum atomic E-state index is 3.49. The summed E-state index contributed by atoms with van der Waals surface area (Å²) in [5.41, 5.74) is 5.48. The van der Waals surface area contributed by atoms with Crippen LogP contribution in [0.1, 0.15) is 16.7 Å². The smallest absolute Gasteiger partial charge is 0.0489 e. The maximum Gasteiger partial charge on any atom is 0.0489 e. The summed E-state index contributed by atoms with van der Waals surface area (Å²) >= 11 is 0. The molecule has 3 nitrogen and oxygen atoms in total. The minimum Gasteiger partial charge on any atom is -0.361 e. The lowest BCUT2D eigenvalue weighted by atomic mass is 10.00. The van der Waals surface area contributed by atoms with Crippen molar-refractivity contribution in [2.24, 2.45) is 0 Å². The average Bonchev–Trinajstić information content (AvgIpc) is 2.81. The zero-order chi connectivity index (χ0) is 13.4. The van der Waals surface area contributed by atoms with Gasteiger partial charge in [0.15, 0.2) is 0 Å². The number of aromatic amines is 1. The molecule has 3 heteroatoms. The van der Waals surface area contributed by atoms with E-state index >= 15 is 0 Å². The molecule has 1 aliphatic heterocycles. The second-order valence-electron chi connectivity index (χ2n) is 5.79. The van der Waals surface area contributed by atoms with E-state index in [0.717, 1.165) is 26.1 Å². The van der Waals surface area contributed by atoms with Crippen molar-refractivity contribution in [1.29, 1.82) is 0 Å². The summed E-state index contributed by atoms with van der Waals surface area (Å²) in [6.45, 7) is 7.72. The minimum atomic E-state index is 0.606. The Morgan fingerprint density at radius 1 is 1.32 bits per heavy atom. The van der Waals surface area contributed by atoms with E-state index in [1.54, 1.807) is 0 Å². The molecule has 1 unspecified atom stereocenters. The van der Waals surface area contributed by atoms with Gasteiger partial charge >= 0.3 is 0 Å². The zero-order valence-electron chi connectivity index (χ0n) is 12.1. The van der Waals surface area contributed by atoms with Gasteiger partial charge in [-0.2, -0.15) is 0 Å². The van der Waals surface area contributed by atoms with Gasteiger partial charge in [0.05, 0.1) is 0 Å². The number of aromatic nitrogens is 1. The molecule has 1 aliphatic rings. The third kappa shape index (κ3) is 2.28. The molecule has 1 saturated heterocycles. The molecule has 1 aromatic heterocycles. The fourth-order valence-electron chi connectivity index (χ4n) is 3.02. The molecule has 1 aromatic carbocycles. The van der Waals surface area contributed by atoms with Gasteiger partial charge in [-0.15, -0.1) is 0 Å². The summed E-state index contributed by atoms with van der Waals surface area (Å²) in [4.78, 5) is 5.93. The highest BCUT2D eigenvalue weighted by atomic mass is 15.2. The molecule has 0 aliphatic carbocycles. The summed E-state index contributed by atoms with van der Waals surface area (Å²) in [6, 6.07) is 5.10. The number of hydrogen-bond acceptors (Lipinski definition) is 2. The Morgan fingerprint density at radius 2 is 2.16 bits per heavy atom. The van der Waals surface area contributed by atoms with Crippen LogP contribution in [-0.4, -0.2) is 42.6 Å². The number of benzene rings is 1. The van der Waals surface area contributed by atoms with Crippen molar-refractivity contribution in [2.45, 2.75) is 26.3 Å². The molecule has 3 rings (SSSR count). The number of hydrogen-bond donors (Lipinski definition) is 2. The number of piperazine rings is 1. The number of H-pyrrole nitrogens is 1. The lowest BCUT2D eigenvalue weighted by Gasteiger charge is -2.33. The first-order valence-corrected chi connectivity index (χ1v) is 7.14. The SMILES string of the molecule is Cc1ccc2c(CC3CNCCN3C)c[nH]c2c1C. The Balaban J connectivity index is 1.91. The van der Waals surface area contributed by atoms with Crippen molar-refractivity contribution in [3.63, 3.8) is 0 Å². The lowest BCUT2D eigenvalue weighted by molar-refractivity contribution is 0.199. The van der Waals surface area contributed by atoms with E-state index in [1.807, 2.05) is 0 Å². The van der Waals surface area contributed by atoms with Gasteiger partial charge in [-0.3, -0.25) is 0 Å². The standard InChI is InChI=1S/C16H23N3/c1-11-4-5-15-13(9-18-16(15)12(11)2)8-14-10-17-6-7-19(14)3/h4-5,9,14,17-18H,6-8,10H2,1-3H3. The quantitative estimate of drug-likeness (QED) is 0.864. The molecule has 1 fully saturated rings. The third-order valence-corrected chi connectivity index (χ3v) is 4.57. The number of aryl methyl sites for hydroxylation is 2. The average molecular weight is 257 g/mol. The van der Waals surface area contributed by atoms with E-state index in [4.69, 9.17) is 0 Å². The molecule has 0 bridgehead atoms. The minimum absolute atomic E-state index is 0.606. The van der Waals surface area contributed by atoms with E-state index in [0.29, 0.717) is 6.04 Å². The highest BCUT2D eigenvalue weighted by Crippen LogP contribution is 2.25. The van der Waals surface area contributed by atoms with Gasteiger partial charge in [0.1, 0.15) is 0 Å². The second kappa shape index (κ2) is 4.99. The number of fused-ring (bicyclic) bond motifs is 1. The fraction of sp³-hybridized carbons (Fsp3) is 0.500. The van der Waals surface area contributed by atoms with Gasteiger partial charge in [-0.05, 0) is 44.0 Å². The molecule has 102 valence electrons. The molecule has 0 amide bonds. The van der Waals surface area contributed by atoms with Gasteiger partial charge < -0.3 is 15.2 Å². The van der Waals surface area contributed by atoms with E-state index in [2.05, 4.69) is 54.4 Å². The van der Waals surface area contributed by atoms with Crippen LogP contribution in [0.3, 0.4) is 0 Å². The summed E-state index contributed by atoms with van der Waals surface area (Å²) in [5, 5.41) is 4.89. The third-order valence-electron chi connectivity index (χ3n) is 4.57. The first-order chi connectivity index (χ1) is 9.16. The summed E-state index contributed by atoms with van der Waals surface area (Å²) in [6.07, 6.45) is 3.31. The first-order valence-electron chi connectivity index (χ1n) is 7.14. The molecule has 19 heavy (non-hydrogen) atoms. The van der Waals surface area contributed by atoms with Gasteiger partial charge in [0, 0.05) is 42.8 Å². The number of nitrogens with zero attached hydrogens (tertiary/aromatic N) is 1.